The Bertz CT molecular complexity index is 101. The van der Waals surface area contributed by atoms with Gasteiger partial charge in [0.1, 0.15) is 0 Å². The Morgan fingerprint density at radius 3 is 3.00 bits per heavy atom. The highest BCUT2D eigenvalue weighted by molar-refractivity contribution is 5.66. The first-order valence-corrected chi connectivity index (χ1v) is 2.76. The Labute approximate surface area is 54.7 Å². The number of carbonyl (C=O) groups is 1. The van der Waals surface area contributed by atoms with Crippen LogP contribution in [0.3, 0.4) is 0 Å². The first kappa shape index (κ1) is 8.01. The third-order valence-corrected chi connectivity index (χ3v) is 0.617. The number of nitrogens with zero attached hydrogens (tertiary/aromatic N) is 1. The molecule has 0 atom stereocenters. The zero-order valence-corrected chi connectivity index (χ0v) is 5.46. The van der Waals surface area contributed by atoms with Crippen molar-refractivity contribution in [1.82, 2.24) is 5.32 Å². The molecular weight excluding hydrogens is 118 g/mol. The van der Waals surface area contributed by atoms with Gasteiger partial charge in [0.25, 0.3) is 0 Å². The quantitative estimate of drug-likeness (QED) is 0.530. The summed E-state index contributed by atoms with van der Waals surface area (Å²) in [6, 6.07) is 0. The molecular formula is C6H10NO2. The zero-order chi connectivity index (χ0) is 7.11. The fourth-order valence-electron chi connectivity index (χ4n) is 0.308. The molecule has 3 nitrogen and oxygen atoms in total. The van der Waals surface area contributed by atoms with Gasteiger partial charge in [0, 0.05) is 0 Å². The predicted octanol–water partition coefficient (Wildman–Crippen LogP) is 0.933. The maximum atomic E-state index is 10.4. The van der Waals surface area contributed by atoms with Gasteiger partial charge in [0.15, 0.2) is 0 Å². The van der Waals surface area contributed by atoms with E-state index in [0.717, 1.165) is 0 Å². The average Bonchev–Trinajstić information content (AvgIpc) is 1.85. The summed E-state index contributed by atoms with van der Waals surface area (Å²) in [5.41, 5.74) is 0. The van der Waals surface area contributed by atoms with Crippen molar-refractivity contribution in [3.05, 3.63) is 12.7 Å². The summed E-state index contributed by atoms with van der Waals surface area (Å²) in [6.07, 6.45) is 1.02. The van der Waals surface area contributed by atoms with Crippen molar-refractivity contribution in [2.75, 3.05) is 13.2 Å². The second kappa shape index (κ2) is 5.15. The van der Waals surface area contributed by atoms with Crippen molar-refractivity contribution >= 4 is 6.09 Å². The lowest BCUT2D eigenvalue weighted by molar-refractivity contribution is 0.152. The van der Waals surface area contributed by atoms with E-state index >= 15 is 0 Å². The Hall–Kier alpha value is -0.990. The normalized spacial score (nSPS) is 8.11. The van der Waals surface area contributed by atoms with Crippen LogP contribution < -0.4 is 5.32 Å². The first-order chi connectivity index (χ1) is 4.31. The second-order valence-corrected chi connectivity index (χ2v) is 1.33. The molecule has 0 saturated heterocycles. The van der Waals surface area contributed by atoms with Crippen LogP contribution in [-0.2, 0) is 4.74 Å². The number of hydrogen-bond donors (Lipinski definition) is 0. The summed E-state index contributed by atoms with van der Waals surface area (Å²) in [4.78, 5) is 10.4. The minimum absolute atomic E-state index is 0.332. The summed E-state index contributed by atoms with van der Waals surface area (Å²) >= 11 is 0. The molecule has 0 aromatic heterocycles. The summed E-state index contributed by atoms with van der Waals surface area (Å²) < 4.78 is 4.49. The van der Waals surface area contributed by atoms with E-state index in [1.54, 1.807) is 6.92 Å². The van der Waals surface area contributed by atoms with Gasteiger partial charge in [0.2, 0.25) is 0 Å². The molecule has 0 N–H and O–H groups in total. The molecule has 0 aliphatic rings. The molecule has 1 radical (unpaired) electrons. The number of rotatable bonds is 3. The van der Waals surface area contributed by atoms with Gasteiger partial charge in [-0.2, -0.15) is 0 Å². The maximum Gasteiger partial charge on any atom is 0.429 e. The lowest BCUT2D eigenvalue weighted by Crippen LogP contribution is -2.16. The van der Waals surface area contributed by atoms with E-state index in [2.05, 4.69) is 16.6 Å². The van der Waals surface area contributed by atoms with Crippen LogP contribution in [0.4, 0.5) is 4.79 Å². The van der Waals surface area contributed by atoms with Crippen molar-refractivity contribution in [2.24, 2.45) is 0 Å². The SMILES string of the molecule is C=CC[N]C(=O)OCC. The highest BCUT2D eigenvalue weighted by atomic mass is 16.5. The van der Waals surface area contributed by atoms with Crippen LogP contribution in [-0.4, -0.2) is 19.2 Å². The smallest absolute Gasteiger partial charge is 0.429 e. The van der Waals surface area contributed by atoms with Crippen LogP contribution in [0.1, 0.15) is 6.92 Å². The van der Waals surface area contributed by atoms with Gasteiger partial charge in [-0.3, -0.25) is 0 Å². The van der Waals surface area contributed by atoms with Crippen LogP contribution in [0.5, 0.6) is 0 Å². The zero-order valence-electron chi connectivity index (χ0n) is 5.46. The van der Waals surface area contributed by atoms with Crippen LogP contribution in [0.25, 0.3) is 0 Å². The van der Waals surface area contributed by atoms with Gasteiger partial charge >= 0.3 is 6.09 Å². The predicted molar refractivity (Wildman–Crippen MR) is 34.2 cm³/mol. The van der Waals surface area contributed by atoms with Crippen LogP contribution in [0.15, 0.2) is 12.7 Å². The maximum absolute atomic E-state index is 10.4. The van der Waals surface area contributed by atoms with E-state index in [1.165, 1.54) is 6.08 Å². The number of hydrogen-bond acceptors (Lipinski definition) is 2. The van der Waals surface area contributed by atoms with E-state index in [9.17, 15) is 4.79 Å². The largest absolute Gasteiger partial charge is 0.448 e. The van der Waals surface area contributed by atoms with Crippen molar-refractivity contribution in [1.29, 1.82) is 0 Å². The van der Waals surface area contributed by atoms with Crippen LogP contribution in [0, 0.1) is 0 Å². The molecule has 0 aromatic rings. The molecule has 9 heavy (non-hydrogen) atoms. The number of ether oxygens (including phenoxy) is 1. The Morgan fingerprint density at radius 1 is 1.89 bits per heavy atom. The van der Waals surface area contributed by atoms with E-state index in [0.29, 0.717) is 13.2 Å². The highest BCUT2D eigenvalue weighted by Gasteiger charge is 1.96. The van der Waals surface area contributed by atoms with Gasteiger partial charge in [-0.05, 0) is 6.92 Å². The molecule has 3 heteroatoms. The topological polar surface area (TPSA) is 40.4 Å². The minimum Gasteiger partial charge on any atom is -0.448 e. The summed E-state index contributed by atoms with van der Waals surface area (Å²) in [6.45, 7) is 5.84. The molecule has 0 unspecified atom stereocenters. The lowest BCUT2D eigenvalue weighted by atomic mass is 10.6. The molecule has 0 bridgehead atoms. The molecule has 1 amide bonds. The Balaban J connectivity index is 3.16. The fraction of sp³-hybridized carbons (Fsp3) is 0.500. The van der Waals surface area contributed by atoms with Gasteiger partial charge in [-0.25, -0.2) is 10.1 Å². The molecule has 0 aliphatic heterocycles. The van der Waals surface area contributed by atoms with E-state index in [1.807, 2.05) is 0 Å². The van der Waals surface area contributed by atoms with Crippen molar-refractivity contribution in [3.8, 4) is 0 Å². The number of amides is 1. The second-order valence-electron chi connectivity index (χ2n) is 1.33. The average molecular weight is 128 g/mol. The van der Waals surface area contributed by atoms with Gasteiger partial charge in [-0.1, -0.05) is 6.08 Å². The van der Waals surface area contributed by atoms with Gasteiger partial charge in [0.05, 0.1) is 13.2 Å². The minimum atomic E-state index is -0.516. The molecule has 0 fully saturated rings. The Kier molecular flexibility index (Phi) is 4.59. The molecule has 0 saturated carbocycles. The third kappa shape index (κ3) is 4.87. The standard InChI is InChI=1S/C6H10NO2/c1-3-5-7-6(8)9-4-2/h3H,1,4-5H2,2H3. The summed E-state index contributed by atoms with van der Waals surface area (Å²) in [5.74, 6) is 0. The third-order valence-electron chi connectivity index (χ3n) is 0.617. The highest BCUT2D eigenvalue weighted by Crippen LogP contribution is 1.76. The monoisotopic (exact) mass is 128 g/mol. The number of carbonyl (C=O) groups excluding carboxylic acids is 1. The van der Waals surface area contributed by atoms with Crippen LogP contribution >= 0.6 is 0 Å². The van der Waals surface area contributed by atoms with Crippen LogP contribution in [0.2, 0.25) is 0 Å². The molecule has 0 spiro atoms. The molecule has 0 heterocycles. The molecule has 0 aliphatic carbocycles. The summed E-state index contributed by atoms with van der Waals surface area (Å²) in [7, 11) is 0. The van der Waals surface area contributed by atoms with Gasteiger partial charge in [-0.15, -0.1) is 6.58 Å². The van der Waals surface area contributed by atoms with Crippen molar-refractivity contribution < 1.29 is 9.53 Å². The first-order valence-electron chi connectivity index (χ1n) is 2.76. The Morgan fingerprint density at radius 2 is 2.56 bits per heavy atom. The molecule has 51 valence electrons. The van der Waals surface area contributed by atoms with E-state index < -0.39 is 6.09 Å². The fourth-order valence-corrected chi connectivity index (χ4v) is 0.308. The van der Waals surface area contributed by atoms with Crippen molar-refractivity contribution in [2.45, 2.75) is 6.92 Å². The van der Waals surface area contributed by atoms with Crippen molar-refractivity contribution in [3.63, 3.8) is 0 Å². The van der Waals surface area contributed by atoms with E-state index in [4.69, 9.17) is 0 Å². The molecule has 0 rings (SSSR count). The summed E-state index contributed by atoms with van der Waals surface area (Å²) in [5, 5.41) is 3.45. The van der Waals surface area contributed by atoms with E-state index in [-0.39, 0.29) is 0 Å². The lowest BCUT2D eigenvalue weighted by Gasteiger charge is -1.96. The van der Waals surface area contributed by atoms with Gasteiger partial charge < -0.3 is 4.74 Å². The molecule has 0 aromatic carbocycles.